The van der Waals surface area contributed by atoms with Gasteiger partial charge in [0.15, 0.2) is 0 Å². The van der Waals surface area contributed by atoms with Gasteiger partial charge in [0.05, 0.1) is 16.9 Å². The minimum atomic E-state index is -4.48. The summed E-state index contributed by atoms with van der Waals surface area (Å²) >= 11 is 1.53. The minimum absolute atomic E-state index is 0.502. The summed E-state index contributed by atoms with van der Waals surface area (Å²) in [4.78, 5) is 13.4. The van der Waals surface area contributed by atoms with Crippen molar-refractivity contribution in [2.24, 2.45) is 0 Å². The summed E-state index contributed by atoms with van der Waals surface area (Å²) in [5.41, 5.74) is 4.01. The highest BCUT2D eigenvalue weighted by atomic mass is 32.1. The largest absolute Gasteiger partial charge is 0.451 e. The fraction of sp³-hybridized carbons (Fsp3) is 0.417. The first-order valence-electron chi connectivity index (χ1n) is 6.04. The normalized spacial score (nSPS) is 16.1. The van der Waals surface area contributed by atoms with E-state index in [-0.39, 0.29) is 0 Å². The summed E-state index contributed by atoms with van der Waals surface area (Å²) in [6.07, 6.45) is -2.68. The van der Waals surface area contributed by atoms with E-state index in [1.807, 2.05) is 5.38 Å². The Bertz CT molecular complexity index is 597. The van der Waals surface area contributed by atoms with Gasteiger partial charge in [0.1, 0.15) is 0 Å². The number of aromatic nitrogens is 3. The first kappa shape index (κ1) is 13.4. The predicted octanol–water partition coefficient (Wildman–Crippen LogP) is 2.51. The van der Waals surface area contributed by atoms with Crippen LogP contribution in [-0.4, -0.2) is 26.4 Å². The number of alkyl halides is 3. The summed E-state index contributed by atoms with van der Waals surface area (Å²) in [6, 6.07) is 0. The molecule has 0 bridgehead atoms. The van der Waals surface area contributed by atoms with Crippen molar-refractivity contribution in [1.82, 2.24) is 19.9 Å². The molecule has 2 aromatic rings. The van der Waals surface area contributed by atoms with Crippen molar-refractivity contribution in [3.05, 3.63) is 39.9 Å². The molecule has 8 heteroatoms. The third-order valence-corrected chi connectivity index (χ3v) is 3.77. The van der Waals surface area contributed by atoms with Gasteiger partial charge in [-0.2, -0.15) is 13.2 Å². The molecule has 0 saturated heterocycles. The zero-order valence-electron chi connectivity index (χ0n) is 10.4. The van der Waals surface area contributed by atoms with Gasteiger partial charge in [-0.3, -0.25) is 4.90 Å². The Balaban J connectivity index is 1.75. The third-order valence-electron chi connectivity index (χ3n) is 3.14. The molecule has 0 aromatic carbocycles. The molecule has 0 unspecified atom stereocenters. The van der Waals surface area contributed by atoms with Crippen LogP contribution in [0.4, 0.5) is 13.2 Å². The lowest BCUT2D eigenvalue weighted by Gasteiger charge is -2.27. The van der Waals surface area contributed by atoms with E-state index in [1.165, 1.54) is 17.5 Å². The quantitative estimate of drug-likeness (QED) is 0.854. The highest BCUT2D eigenvalue weighted by Crippen LogP contribution is 2.27. The van der Waals surface area contributed by atoms with Gasteiger partial charge in [-0.25, -0.2) is 15.0 Å². The van der Waals surface area contributed by atoms with Crippen LogP contribution in [0.25, 0.3) is 0 Å². The molecule has 0 aliphatic carbocycles. The summed E-state index contributed by atoms with van der Waals surface area (Å²) in [6.45, 7) is 1.94. The van der Waals surface area contributed by atoms with Crippen molar-refractivity contribution in [3.63, 3.8) is 0 Å². The molecule has 4 nitrogen and oxygen atoms in total. The average molecular weight is 300 g/mol. The molecule has 0 fully saturated rings. The van der Waals surface area contributed by atoms with E-state index in [1.54, 1.807) is 5.51 Å². The Kier molecular flexibility index (Phi) is 3.43. The average Bonchev–Trinajstić information content (AvgIpc) is 2.90. The minimum Gasteiger partial charge on any atom is -0.293 e. The zero-order valence-corrected chi connectivity index (χ0v) is 11.2. The van der Waals surface area contributed by atoms with Crippen molar-refractivity contribution >= 4 is 11.3 Å². The number of rotatable bonds is 2. The first-order valence-corrected chi connectivity index (χ1v) is 6.98. The highest BCUT2D eigenvalue weighted by molar-refractivity contribution is 7.07. The van der Waals surface area contributed by atoms with Crippen molar-refractivity contribution in [2.75, 3.05) is 6.54 Å². The predicted molar refractivity (Wildman–Crippen MR) is 67.0 cm³/mol. The van der Waals surface area contributed by atoms with Crippen molar-refractivity contribution < 1.29 is 13.2 Å². The smallest absolute Gasteiger partial charge is 0.293 e. The van der Waals surface area contributed by atoms with Crippen LogP contribution in [0.1, 0.15) is 22.8 Å². The monoisotopic (exact) mass is 300 g/mol. The van der Waals surface area contributed by atoms with E-state index in [0.29, 0.717) is 31.7 Å². The highest BCUT2D eigenvalue weighted by Gasteiger charge is 2.35. The molecule has 1 aliphatic rings. The fourth-order valence-corrected chi connectivity index (χ4v) is 2.74. The molecule has 0 radical (unpaired) electrons. The summed E-state index contributed by atoms with van der Waals surface area (Å²) in [5, 5.41) is 1.97. The molecule has 20 heavy (non-hydrogen) atoms. The second-order valence-corrected chi connectivity index (χ2v) is 5.32. The van der Waals surface area contributed by atoms with Gasteiger partial charge in [0, 0.05) is 43.2 Å². The number of fused-ring (bicyclic) bond motifs is 1. The summed E-state index contributed by atoms with van der Waals surface area (Å²) in [5.74, 6) is -1.05. The molecule has 0 amide bonds. The van der Waals surface area contributed by atoms with Crippen LogP contribution < -0.4 is 0 Å². The number of hydrogen-bond donors (Lipinski definition) is 0. The SMILES string of the molecule is FC(F)(F)c1ncc2c(n1)CCN(Cc1cscn1)C2. The maximum absolute atomic E-state index is 12.5. The maximum atomic E-state index is 12.5. The van der Waals surface area contributed by atoms with E-state index in [9.17, 15) is 13.2 Å². The molecule has 0 spiro atoms. The van der Waals surface area contributed by atoms with E-state index >= 15 is 0 Å². The van der Waals surface area contributed by atoms with Crippen LogP contribution in [0.2, 0.25) is 0 Å². The second kappa shape index (κ2) is 5.10. The van der Waals surface area contributed by atoms with Crippen LogP contribution in [0, 0.1) is 0 Å². The Morgan fingerprint density at radius 3 is 2.85 bits per heavy atom. The van der Waals surface area contributed by atoms with Crippen LogP contribution in [-0.2, 0) is 25.7 Å². The molecule has 1 aliphatic heterocycles. The lowest BCUT2D eigenvalue weighted by atomic mass is 10.1. The number of halogens is 3. The molecule has 0 atom stereocenters. The van der Waals surface area contributed by atoms with Crippen LogP contribution in [0.15, 0.2) is 17.1 Å². The van der Waals surface area contributed by atoms with Gasteiger partial charge in [0.2, 0.25) is 5.82 Å². The molecular weight excluding hydrogens is 289 g/mol. The van der Waals surface area contributed by atoms with Gasteiger partial charge in [-0.1, -0.05) is 0 Å². The lowest BCUT2D eigenvalue weighted by molar-refractivity contribution is -0.145. The second-order valence-electron chi connectivity index (χ2n) is 4.60. The lowest BCUT2D eigenvalue weighted by Crippen LogP contribution is -2.31. The topological polar surface area (TPSA) is 41.9 Å². The van der Waals surface area contributed by atoms with E-state index < -0.39 is 12.0 Å². The van der Waals surface area contributed by atoms with Crippen molar-refractivity contribution in [1.29, 1.82) is 0 Å². The summed E-state index contributed by atoms with van der Waals surface area (Å²) in [7, 11) is 0. The molecule has 0 saturated carbocycles. The Labute approximate surface area is 117 Å². The zero-order chi connectivity index (χ0) is 14.2. The summed E-state index contributed by atoms with van der Waals surface area (Å²) < 4.78 is 37.6. The van der Waals surface area contributed by atoms with Gasteiger partial charge < -0.3 is 0 Å². The van der Waals surface area contributed by atoms with Crippen LogP contribution in [0.5, 0.6) is 0 Å². The van der Waals surface area contributed by atoms with Crippen LogP contribution >= 0.6 is 11.3 Å². The van der Waals surface area contributed by atoms with Gasteiger partial charge in [-0.05, 0) is 0 Å². The number of nitrogens with zero attached hydrogens (tertiary/aromatic N) is 4. The first-order chi connectivity index (χ1) is 9.52. The van der Waals surface area contributed by atoms with E-state index in [4.69, 9.17) is 0 Å². The molecule has 2 aromatic heterocycles. The fourth-order valence-electron chi connectivity index (χ4n) is 2.19. The molecular formula is C12H11F3N4S. The number of hydrogen-bond acceptors (Lipinski definition) is 5. The van der Waals surface area contributed by atoms with Crippen LogP contribution in [0.3, 0.4) is 0 Å². The third kappa shape index (κ3) is 2.80. The number of thiazole rings is 1. The Hall–Kier alpha value is -1.54. The van der Waals surface area contributed by atoms with Crippen molar-refractivity contribution in [3.8, 4) is 0 Å². The van der Waals surface area contributed by atoms with Gasteiger partial charge in [0.25, 0.3) is 0 Å². The van der Waals surface area contributed by atoms with E-state index in [0.717, 1.165) is 11.3 Å². The molecule has 0 N–H and O–H groups in total. The Morgan fingerprint density at radius 1 is 1.30 bits per heavy atom. The molecule has 3 rings (SSSR count). The standard InChI is InChI=1S/C12H11F3N4S/c13-12(14,15)11-16-3-8-4-19(2-1-10(8)18-11)5-9-6-20-7-17-9/h3,6-7H,1-2,4-5H2. The van der Waals surface area contributed by atoms with Gasteiger partial charge >= 0.3 is 6.18 Å². The molecule has 3 heterocycles. The van der Waals surface area contributed by atoms with Gasteiger partial charge in [-0.15, -0.1) is 11.3 Å². The molecule has 106 valence electrons. The Morgan fingerprint density at radius 2 is 2.15 bits per heavy atom. The van der Waals surface area contributed by atoms with E-state index in [2.05, 4.69) is 19.9 Å². The maximum Gasteiger partial charge on any atom is 0.451 e. The van der Waals surface area contributed by atoms with Crippen molar-refractivity contribution in [2.45, 2.75) is 25.7 Å².